The Morgan fingerprint density at radius 1 is 1.33 bits per heavy atom. The van der Waals surface area contributed by atoms with Crippen LogP contribution in [0.25, 0.3) is 0 Å². The molecule has 2 saturated carbocycles. The number of nitrogens with one attached hydrogen (secondary N) is 2. The van der Waals surface area contributed by atoms with Crippen molar-refractivity contribution in [2.75, 3.05) is 6.54 Å². The number of carboxylic acids is 1. The highest BCUT2D eigenvalue weighted by Crippen LogP contribution is 2.37. The highest BCUT2D eigenvalue weighted by Gasteiger charge is 2.41. The van der Waals surface area contributed by atoms with Crippen LogP contribution in [-0.4, -0.2) is 29.7 Å². The highest BCUT2D eigenvalue weighted by molar-refractivity contribution is 5.78. The summed E-state index contributed by atoms with van der Waals surface area (Å²) in [7, 11) is 0. The monoisotopic (exact) mass is 254 g/mol. The molecule has 0 heterocycles. The molecule has 102 valence electrons. The quantitative estimate of drug-likeness (QED) is 0.699. The number of carbonyl (C=O) groups excluding carboxylic acids is 1. The molecular formula is C13H22N2O3. The lowest BCUT2D eigenvalue weighted by molar-refractivity contribution is -0.148. The van der Waals surface area contributed by atoms with E-state index in [9.17, 15) is 14.7 Å². The van der Waals surface area contributed by atoms with Gasteiger partial charge in [0.15, 0.2) is 0 Å². The molecule has 2 aliphatic carbocycles. The molecule has 1 unspecified atom stereocenters. The second kappa shape index (κ2) is 5.16. The number of hydrogen-bond donors (Lipinski definition) is 3. The predicted octanol–water partition coefficient (Wildman–Crippen LogP) is 1.73. The lowest BCUT2D eigenvalue weighted by Gasteiger charge is -2.24. The first kappa shape index (κ1) is 13.2. The Hall–Kier alpha value is -1.26. The number of aliphatic carboxylic acids is 1. The Bertz CT molecular complexity index is 333. The summed E-state index contributed by atoms with van der Waals surface area (Å²) in [5, 5.41) is 14.9. The third-order valence-corrected chi connectivity index (χ3v) is 4.29. The number of amides is 2. The molecule has 2 fully saturated rings. The molecule has 0 spiro atoms. The first-order chi connectivity index (χ1) is 8.53. The predicted molar refractivity (Wildman–Crippen MR) is 67.3 cm³/mol. The smallest absolute Gasteiger partial charge is 0.315 e. The van der Waals surface area contributed by atoms with Crippen LogP contribution in [-0.2, 0) is 4.79 Å². The maximum atomic E-state index is 11.7. The van der Waals surface area contributed by atoms with Crippen molar-refractivity contribution < 1.29 is 14.7 Å². The van der Waals surface area contributed by atoms with E-state index >= 15 is 0 Å². The molecule has 3 N–H and O–H groups in total. The third kappa shape index (κ3) is 2.94. The van der Waals surface area contributed by atoms with Crippen LogP contribution in [0.3, 0.4) is 0 Å². The minimum absolute atomic E-state index is 0.189. The maximum Gasteiger partial charge on any atom is 0.315 e. The number of carbonyl (C=O) groups is 2. The van der Waals surface area contributed by atoms with Gasteiger partial charge in [-0.15, -0.1) is 0 Å². The second-order valence-electron chi connectivity index (χ2n) is 5.75. The van der Waals surface area contributed by atoms with E-state index in [2.05, 4.69) is 10.6 Å². The van der Waals surface area contributed by atoms with Crippen molar-refractivity contribution in [3.63, 3.8) is 0 Å². The van der Waals surface area contributed by atoms with E-state index in [1.54, 1.807) is 0 Å². The van der Waals surface area contributed by atoms with E-state index in [0.29, 0.717) is 18.8 Å². The Balaban J connectivity index is 1.78. The molecule has 18 heavy (non-hydrogen) atoms. The molecule has 5 heteroatoms. The summed E-state index contributed by atoms with van der Waals surface area (Å²) in [5.41, 5.74) is -0.736. The summed E-state index contributed by atoms with van der Waals surface area (Å²) in [6.45, 7) is 2.24. The van der Waals surface area contributed by atoms with Gasteiger partial charge in [0.25, 0.3) is 0 Å². The van der Waals surface area contributed by atoms with E-state index in [1.165, 1.54) is 12.8 Å². The largest absolute Gasteiger partial charge is 0.481 e. The third-order valence-electron chi connectivity index (χ3n) is 4.29. The zero-order chi connectivity index (χ0) is 13.2. The fourth-order valence-electron chi connectivity index (χ4n) is 2.74. The number of hydrogen-bond acceptors (Lipinski definition) is 2. The summed E-state index contributed by atoms with van der Waals surface area (Å²) in [6, 6.07) is -0.0451. The lowest BCUT2D eigenvalue weighted by atomic mass is 9.86. The second-order valence-corrected chi connectivity index (χ2v) is 5.75. The molecule has 0 bridgehead atoms. The van der Waals surface area contributed by atoms with E-state index < -0.39 is 11.4 Å². The molecule has 2 aliphatic rings. The van der Waals surface area contributed by atoms with Crippen LogP contribution < -0.4 is 10.6 Å². The van der Waals surface area contributed by atoms with Gasteiger partial charge in [0.2, 0.25) is 0 Å². The number of carboxylic acid groups (broad SMARTS) is 1. The van der Waals surface area contributed by atoms with Crippen LogP contribution in [0.2, 0.25) is 0 Å². The average Bonchev–Trinajstić information content (AvgIpc) is 3.06. The first-order valence-electron chi connectivity index (χ1n) is 6.81. The zero-order valence-corrected chi connectivity index (χ0v) is 10.9. The fraction of sp³-hybridized carbons (Fsp3) is 0.846. The van der Waals surface area contributed by atoms with Gasteiger partial charge in [0.1, 0.15) is 0 Å². The molecule has 0 aromatic heterocycles. The zero-order valence-electron chi connectivity index (χ0n) is 10.9. The molecule has 2 amide bonds. The van der Waals surface area contributed by atoms with Gasteiger partial charge in [-0.25, -0.2) is 4.79 Å². The fourth-order valence-corrected chi connectivity index (χ4v) is 2.74. The van der Waals surface area contributed by atoms with Crippen molar-refractivity contribution in [1.29, 1.82) is 0 Å². The van der Waals surface area contributed by atoms with Gasteiger partial charge in [-0.2, -0.15) is 0 Å². The van der Waals surface area contributed by atoms with Crippen LogP contribution in [0.15, 0.2) is 0 Å². The van der Waals surface area contributed by atoms with Gasteiger partial charge in [0.05, 0.1) is 5.41 Å². The Morgan fingerprint density at radius 3 is 2.44 bits per heavy atom. The van der Waals surface area contributed by atoms with E-state index in [-0.39, 0.29) is 18.6 Å². The summed E-state index contributed by atoms with van der Waals surface area (Å²) < 4.78 is 0. The normalized spacial score (nSPS) is 23.4. The highest BCUT2D eigenvalue weighted by atomic mass is 16.4. The minimum atomic E-state index is -0.782. The first-order valence-corrected chi connectivity index (χ1v) is 6.81. The van der Waals surface area contributed by atoms with Crippen LogP contribution >= 0.6 is 0 Å². The van der Waals surface area contributed by atoms with Crippen LogP contribution in [0.4, 0.5) is 4.79 Å². The molecule has 1 atom stereocenters. The molecule has 0 radical (unpaired) electrons. The van der Waals surface area contributed by atoms with E-state index in [4.69, 9.17) is 0 Å². The molecular weight excluding hydrogens is 232 g/mol. The Morgan fingerprint density at radius 2 is 1.94 bits per heavy atom. The molecule has 0 aromatic carbocycles. The van der Waals surface area contributed by atoms with Gasteiger partial charge >= 0.3 is 12.0 Å². The molecule has 0 saturated heterocycles. The molecule has 0 aliphatic heterocycles. The molecule has 2 rings (SSSR count). The maximum absolute atomic E-state index is 11.7. The van der Waals surface area contributed by atoms with Crippen molar-refractivity contribution in [2.45, 2.75) is 51.5 Å². The molecule has 5 nitrogen and oxygen atoms in total. The summed E-state index contributed by atoms with van der Waals surface area (Å²) >= 11 is 0. The number of rotatable bonds is 5. The Kier molecular flexibility index (Phi) is 3.78. The van der Waals surface area contributed by atoms with Crippen molar-refractivity contribution in [1.82, 2.24) is 10.6 Å². The van der Waals surface area contributed by atoms with Gasteiger partial charge in [-0.3, -0.25) is 4.79 Å². The van der Waals surface area contributed by atoms with Crippen molar-refractivity contribution in [2.24, 2.45) is 11.3 Å². The summed E-state index contributed by atoms with van der Waals surface area (Å²) in [6.07, 6.45) is 5.57. The minimum Gasteiger partial charge on any atom is -0.481 e. The van der Waals surface area contributed by atoms with Gasteiger partial charge < -0.3 is 15.7 Å². The molecule has 0 aromatic rings. The van der Waals surface area contributed by atoms with Gasteiger partial charge in [-0.1, -0.05) is 12.8 Å². The summed E-state index contributed by atoms with van der Waals surface area (Å²) in [4.78, 5) is 23.0. The van der Waals surface area contributed by atoms with Crippen LogP contribution in [0.1, 0.15) is 45.4 Å². The van der Waals surface area contributed by atoms with Gasteiger partial charge in [-0.05, 0) is 38.5 Å². The topological polar surface area (TPSA) is 78.4 Å². The average molecular weight is 254 g/mol. The van der Waals surface area contributed by atoms with Gasteiger partial charge in [0, 0.05) is 12.6 Å². The lowest BCUT2D eigenvalue weighted by Crippen LogP contribution is -2.47. The van der Waals surface area contributed by atoms with Crippen molar-refractivity contribution in [3.8, 4) is 0 Å². The van der Waals surface area contributed by atoms with Crippen molar-refractivity contribution in [3.05, 3.63) is 0 Å². The van der Waals surface area contributed by atoms with E-state index in [1.807, 2.05) is 6.92 Å². The van der Waals surface area contributed by atoms with Crippen LogP contribution in [0.5, 0.6) is 0 Å². The summed E-state index contributed by atoms with van der Waals surface area (Å²) in [5.74, 6) is -0.175. The van der Waals surface area contributed by atoms with Crippen LogP contribution in [0, 0.1) is 11.3 Å². The Labute approximate surface area is 107 Å². The van der Waals surface area contributed by atoms with E-state index in [0.717, 1.165) is 12.8 Å². The number of urea groups is 1. The standard InChI is InChI=1S/C13H22N2O3/c1-9(10-4-5-10)15-12(18)14-8-13(11(16)17)6-2-3-7-13/h9-10H,2-8H2,1H3,(H,16,17)(H2,14,15,18). The SMILES string of the molecule is CC(NC(=O)NCC1(C(=O)O)CCCC1)C1CC1. The van der Waals surface area contributed by atoms with Crippen molar-refractivity contribution >= 4 is 12.0 Å².